The van der Waals surface area contributed by atoms with Gasteiger partial charge in [0.25, 0.3) is 5.89 Å². The molecule has 5 heteroatoms. The summed E-state index contributed by atoms with van der Waals surface area (Å²) >= 11 is 3.39. The minimum absolute atomic E-state index is 0.491. The summed E-state index contributed by atoms with van der Waals surface area (Å²) in [7, 11) is 0. The fraction of sp³-hybridized carbons (Fsp3) is 0. The first kappa shape index (κ1) is 11.9. The molecule has 0 aliphatic carbocycles. The van der Waals surface area contributed by atoms with Crippen LogP contribution in [-0.4, -0.2) is 10.1 Å². The van der Waals surface area contributed by atoms with Gasteiger partial charge < -0.3 is 10.3 Å². The maximum absolute atomic E-state index is 5.74. The molecule has 94 valence electrons. The molecule has 3 rings (SSSR count). The van der Waals surface area contributed by atoms with Crippen LogP contribution in [0.5, 0.6) is 0 Å². The highest BCUT2D eigenvalue weighted by atomic mass is 79.9. The zero-order valence-corrected chi connectivity index (χ0v) is 11.5. The zero-order chi connectivity index (χ0) is 13.2. The molecule has 19 heavy (non-hydrogen) atoms. The van der Waals surface area contributed by atoms with E-state index in [4.69, 9.17) is 10.3 Å². The van der Waals surface area contributed by atoms with Gasteiger partial charge in [-0.25, -0.2) is 0 Å². The topological polar surface area (TPSA) is 64.9 Å². The Balaban J connectivity index is 1.97. The molecule has 0 atom stereocenters. The average molecular weight is 316 g/mol. The quantitative estimate of drug-likeness (QED) is 0.731. The lowest BCUT2D eigenvalue weighted by molar-refractivity contribution is 0.432. The molecule has 0 aliphatic heterocycles. The van der Waals surface area contributed by atoms with Crippen LogP contribution in [0.4, 0.5) is 5.69 Å². The van der Waals surface area contributed by atoms with Crippen LogP contribution in [-0.2, 0) is 0 Å². The number of anilines is 1. The van der Waals surface area contributed by atoms with Crippen molar-refractivity contribution in [3.63, 3.8) is 0 Å². The van der Waals surface area contributed by atoms with E-state index in [0.717, 1.165) is 15.6 Å². The van der Waals surface area contributed by atoms with Crippen molar-refractivity contribution in [3.05, 3.63) is 53.0 Å². The molecule has 4 nitrogen and oxygen atoms in total. The van der Waals surface area contributed by atoms with Crippen molar-refractivity contribution >= 4 is 21.6 Å². The molecule has 3 aromatic rings. The largest absolute Gasteiger partial charge is 0.399 e. The maximum atomic E-state index is 5.74. The van der Waals surface area contributed by atoms with Gasteiger partial charge in [0.15, 0.2) is 0 Å². The second-order valence-corrected chi connectivity index (χ2v) is 4.97. The fourth-order valence-corrected chi connectivity index (χ4v) is 1.99. The molecule has 0 bridgehead atoms. The highest BCUT2D eigenvalue weighted by Gasteiger charge is 2.10. The van der Waals surface area contributed by atoms with E-state index < -0.39 is 0 Å². The number of nitrogen functional groups attached to an aromatic ring is 1. The van der Waals surface area contributed by atoms with Gasteiger partial charge in [-0.05, 0) is 36.4 Å². The van der Waals surface area contributed by atoms with Gasteiger partial charge in [0.05, 0.1) is 0 Å². The van der Waals surface area contributed by atoms with Crippen LogP contribution in [0.2, 0.25) is 0 Å². The monoisotopic (exact) mass is 315 g/mol. The summed E-state index contributed by atoms with van der Waals surface area (Å²) in [6.45, 7) is 0. The van der Waals surface area contributed by atoms with Crippen LogP contribution in [0.15, 0.2) is 57.5 Å². The van der Waals surface area contributed by atoms with Gasteiger partial charge in [0.2, 0.25) is 5.82 Å². The zero-order valence-electron chi connectivity index (χ0n) is 9.88. The van der Waals surface area contributed by atoms with Crippen LogP contribution >= 0.6 is 15.9 Å². The molecule has 0 radical (unpaired) electrons. The van der Waals surface area contributed by atoms with Crippen molar-refractivity contribution in [3.8, 4) is 22.8 Å². The lowest BCUT2D eigenvalue weighted by Gasteiger charge is -1.95. The Labute approximate surface area is 118 Å². The lowest BCUT2D eigenvalue weighted by Crippen LogP contribution is -1.86. The Morgan fingerprint density at radius 2 is 1.79 bits per heavy atom. The Hall–Kier alpha value is -2.14. The smallest absolute Gasteiger partial charge is 0.258 e. The predicted molar refractivity (Wildman–Crippen MR) is 77.3 cm³/mol. The van der Waals surface area contributed by atoms with E-state index in [1.54, 1.807) is 0 Å². The predicted octanol–water partition coefficient (Wildman–Crippen LogP) is 3.75. The van der Waals surface area contributed by atoms with Crippen LogP contribution < -0.4 is 5.73 Å². The van der Waals surface area contributed by atoms with E-state index in [2.05, 4.69) is 26.1 Å². The molecule has 1 aromatic heterocycles. The number of nitrogens with two attached hydrogens (primary N) is 1. The summed E-state index contributed by atoms with van der Waals surface area (Å²) in [5, 5.41) is 3.97. The summed E-state index contributed by atoms with van der Waals surface area (Å²) in [5.41, 5.74) is 8.13. The number of rotatable bonds is 2. The molecule has 0 spiro atoms. The molecule has 0 saturated carbocycles. The van der Waals surface area contributed by atoms with Crippen LogP contribution in [0.3, 0.4) is 0 Å². The number of benzene rings is 2. The van der Waals surface area contributed by atoms with E-state index in [0.29, 0.717) is 17.4 Å². The minimum atomic E-state index is 0.491. The van der Waals surface area contributed by atoms with Gasteiger partial charge in [-0.3, -0.25) is 0 Å². The molecule has 0 aliphatic rings. The first-order chi connectivity index (χ1) is 9.22. The summed E-state index contributed by atoms with van der Waals surface area (Å²) in [4.78, 5) is 4.37. The summed E-state index contributed by atoms with van der Waals surface area (Å²) < 4.78 is 6.27. The number of hydrogen-bond donors (Lipinski definition) is 1. The Morgan fingerprint density at radius 3 is 2.53 bits per heavy atom. The second-order valence-electron chi connectivity index (χ2n) is 4.06. The average Bonchev–Trinajstić information content (AvgIpc) is 2.89. The van der Waals surface area contributed by atoms with Gasteiger partial charge in [-0.1, -0.05) is 33.2 Å². The highest BCUT2D eigenvalue weighted by Crippen LogP contribution is 2.24. The van der Waals surface area contributed by atoms with Gasteiger partial charge in [-0.15, -0.1) is 0 Å². The van der Waals surface area contributed by atoms with Gasteiger partial charge in [0, 0.05) is 21.3 Å². The number of aromatic nitrogens is 2. The Bertz CT molecular complexity index is 707. The number of hydrogen-bond acceptors (Lipinski definition) is 4. The SMILES string of the molecule is Nc1cccc(-c2noc(-c3ccc(Br)cc3)n2)c1. The van der Waals surface area contributed by atoms with E-state index in [1.165, 1.54) is 0 Å². The molecule has 0 amide bonds. The highest BCUT2D eigenvalue weighted by molar-refractivity contribution is 9.10. The van der Waals surface area contributed by atoms with Gasteiger partial charge >= 0.3 is 0 Å². The molecule has 2 N–H and O–H groups in total. The molecular weight excluding hydrogens is 306 g/mol. The normalized spacial score (nSPS) is 10.6. The molecule has 1 heterocycles. The summed E-state index contributed by atoms with van der Waals surface area (Å²) in [6.07, 6.45) is 0. The maximum Gasteiger partial charge on any atom is 0.258 e. The number of halogens is 1. The van der Waals surface area contributed by atoms with Gasteiger partial charge in [0.1, 0.15) is 0 Å². The van der Waals surface area contributed by atoms with Gasteiger partial charge in [-0.2, -0.15) is 4.98 Å². The molecule has 0 fully saturated rings. The van der Waals surface area contributed by atoms with Crippen LogP contribution in [0.25, 0.3) is 22.8 Å². The van der Waals surface area contributed by atoms with Crippen LogP contribution in [0, 0.1) is 0 Å². The molecular formula is C14H10BrN3O. The van der Waals surface area contributed by atoms with Crippen molar-refractivity contribution in [2.24, 2.45) is 0 Å². The third-order valence-electron chi connectivity index (χ3n) is 2.66. The Kier molecular flexibility index (Phi) is 3.05. The standard InChI is InChI=1S/C14H10BrN3O/c15-11-6-4-9(5-7-11)14-17-13(18-19-14)10-2-1-3-12(16)8-10/h1-8H,16H2. The third kappa shape index (κ3) is 2.51. The Morgan fingerprint density at radius 1 is 1.00 bits per heavy atom. The van der Waals surface area contributed by atoms with E-state index in [1.807, 2.05) is 48.5 Å². The molecule has 2 aromatic carbocycles. The van der Waals surface area contributed by atoms with Crippen molar-refractivity contribution in [2.45, 2.75) is 0 Å². The first-order valence-corrected chi connectivity index (χ1v) is 6.47. The molecule has 0 unspecified atom stereocenters. The fourth-order valence-electron chi connectivity index (χ4n) is 1.73. The third-order valence-corrected chi connectivity index (χ3v) is 3.19. The second kappa shape index (κ2) is 4.85. The lowest BCUT2D eigenvalue weighted by atomic mass is 10.2. The summed E-state index contributed by atoms with van der Waals surface area (Å²) in [6, 6.07) is 15.1. The van der Waals surface area contributed by atoms with Crippen molar-refractivity contribution < 1.29 is 4.52 Å². The van der Waals surface area contributed by atoms with E-state index >= 15 is 0 Å². The minimum Gasteiger partial charge on any atom is -0.399 e. The number of nitrogens with zero attached hydrogens (tertiary/aromatic N) is 2. The molecule has 0 saturated heterocycles. The van der Waals surface area contributed by atoms with Crippen molar-refractivity contribution in [1.82, 2.24) is 10.1 Å². The van der Waals surface area contributed by atoms with Crippen molar-refractivity contribution in [1.29, 1.82) is 0 Å². The van der Waals surface area contributed by atoms with Crippen LogP contribution in [0.1, 0.15) is 0 Å². The summed E-state index contributed by atoms with van der Waals surface area (Å²) in [5.74, 6) is 1.02. The van der Waals surface area contributed by atoms with E-state index in [9.17, 15) is 0 Å². The van der Waals surface area contributed by atoms with E-state index in [-0.39, 0.29) is 0 Å². The van der Waals surface area contributed by atoms with Crippen molar-refractivity contribution in [2.75, 3.05) is 5.73 Å². The first-order valence-electron chi connectivity index (χ1n) is 5.68.